The molecule has 100 valence electrons. The zero-order valence-electron chi connectivity index (χ0n) is 10.2. The molecule has 9 heteroatoms. The van der Waals surface area contributed by atoms with Gasteiger partial charge >= 0.3 is 6.03 Å². The average Bonchev–Trinajstić information content (AvgIpc) is 2.66. The van der Waals surface area contributed by atoms with Gasteiger partial charge in [0.25, 0.3) is 5.91 Å². The van der Waals surface area contributed by atoms with E-state index in [2.05, 4.69) is 15.6 Å². The number of anilines is 2. The van der Waals surface area contributed by atoms with Crippen molar-refractivity contribution in [3.8, 4) is 0 Å². The second kappa shape index (κ2) is 6.05. The minimum absolute atomic E-state index is 0.198. The van der Waals surface area contributed by atoms with Crippen LogP contribution in [0.15, 0.2) is 0 Å². The van der Waals surface area contributed by atoms with Gasteiger partial charge in [0.15, 0.2) is 5.13 Å². The van der Waals surface area contributed by atoms with Gasteiger partial charge in [-0.05, 0) is 0 Å². The first-order chi connectivity index (χ1) is 8.41. The summed E-state index contributed by atoms with van der Waals surface area (Å²) in [6, 6.07) is -0.628. The molecule has 1 aromatic rings. The van der Waals surface area contributed by atoms with Crippen molar-refractivity contribution in [3.05, 3.63) is 4.88 Å². The van der Waals surface area contributed by atoms with Gasteiger partial charge in [0.2, 0.25) is 0 Å². The number of hydrogen-bond donors (Lipinski definition) is 4. The number of hydrogen-bond acceptors (Lipinski definition) is 6. The third kappa shape index (κ3) is 3.77. The molecular formula is C9H16N6O2S. The highest BCUT2D eigenvalue weighted by Crippen LogP contribution is 2.26. The maximum atomic E-state index is 11.8. The molecule has 0 bridgehead atoms. The van der Waals surface area contributed by atoms with Crippen molar-refractivity contribution >= 4 is 34.2 Å². The zero-order chi connectivity index (χ0) is 13.7. The highest BCUT2D eigenvalue weighted by Gasteiger charge is 2.16. The van der Waals surface area contributed by atoms with E-state index in [-0.39, 0.29) is 24.8 Å². The minimum atomic E-state index is -0.628. The summed E-state index contributed by atoms with van der Waals surface area (Å²) in [4.78, 5) is 28.4. The van der Waals surface area contributed by atoms with Gasteiger partial charge in [-0.3, -0.25) is 4.79 Å². The Kier molecular flexibility index (Phi) is 4.72. The molecule has 0 saturated heterocycles. The number of thiazole rings is 1. The van der Waals surface area contributed by atoms with E-state index in [1.165, 1.54) is 11.3 Å². The number of amides is 3. The number of primary amides is 1. The summed E-state index contributed by atoms with van der Waals surface area (Å²) in [5.74, 6) is -0.117. The molecule has 8 nitrogen and oxygen atoms in total. The third-order valence-electron chi connectivity index (χ3n) is 1.94. The Bertz CT molecular complexity index is 444. The molecule has 0 fully saturated rings. The van der Waals surface area contributed by atoms with Crippen LogP contribution < -0.4 is 27.0 Å². The molecule has 0 spiro atoms. The van der Waals surface area contributed by atoms with Gasteiger partial charge in [-0.25, -0.2) is 9.78 Å². The summed E-state index contributed by atoms with van der Waals surface area (Å²) in [5.41, 5.74) is 10.5. The number of nitrogens with one attached hydrogen (secondary N) is 2. The van der Waals surface area contributed by atoms with Crippen molar-refractivity contribution in [2.24, 2.45) is 5.73 Å². The Labute approximate surface area is 108 Å². The second-order valence-electron chi connectivity index (χ2n) is 3.65. The maximum Gasteiger partial charge on any atom is 0.312 e. The Balaban J connectivity index is 2.53. The molecule has 0 unspecified atom stereocenters. The van der Waals surface area contributed by atoms with Crippen LogP contribution in [-0.4, -0.2) is 44.1 Å². The lowest BCUT2D eigenvalue weighted by molar-refractivity contribution is 0.0958. The normalized spacial score (nSPS) is 9.89. The van der Waals surface area contributed by atoms with Crippen molar-refractivity contribution < 1.29 is 9.59 Å². The fraction of sp³-hybridized carbons (Fsp3) is 0.444. The molecule has 0 saturated carbocycles. The molecule has 0 aliphatic carbocycles. The third-order valence-corrected chi connectivity index (χ3v) is 3.18. The lowest BCUT2D eigenvalue weighted by Gasteiger charge is -2.05. The van der Waals surface area contributed by atoms with E-state index >= 15 is 0 Å². The topological polar surface area (TPSA) is 126 Å². The van der Waals surface area contributed by atoms with Gasteiger partial charge in [-0.1, -0.05) is 11.3 Å². The van der Waals surface area contributed by atoms with Crippen LogP contribution in [0.4, 0.5) is 15.7 Å². The summed E-state index contributed by atoms with van der Waals surface area (Å²) in [5, 5.41) is 5.63. The van der Waals surface area contributed by atoms with Crippen molar-refractivity contribution in [1.29, 1.82) is 0 Å². The first kappa shape index (κ1) is 14.0. The number of nitrogens with zero attached hydrogens (tertiary/aromatic N) is 2. The van der Waals surface area contributed by atoms with Gasteiger partial charge in [-0.15, -0.1) is 0 Å². The van der Waals surface area contributed by atoms with E-state index in [0.29, 0.717) is 10.0 Å². The standard InChI is InChI=1S/C9H16N6O2S/c1-15(2)9-14-6(10)5(18-9)7(16)12-3-4-13-8(11)17/h3-4,10H2,1-2H3,(H,12,16)(H3,11,13,17). The van der Waals surface area contributed by atoms with Crippen molar-refractivity contribution in [3.63, 3.8) is 0 Å². The van der Waals surface area contributed by atoms with Crippen LogP contribution in [0.25, 0.3) is 0 Å². The van der Waals surface area contributed by atoms with E-state index in [9.17, 15) is 9.59 Å². The Morgan fingerprint density at radius 1 is 1.33 bits per heavy atom. The number of carbonyl (C=O) groups excluding carboxylic acids is 2. The molecule has 18 heavy (non-hydrogen) atoms. The predicted molar refractivity (Wildman–Crippen MR) is 70.8 cm³/mol. The highest BCUT2D eigenvalue weighted by atomic mass is 32.1. The molecule has 3 amide bonds. The van der Waals surface area contributed by atoms with Crippen LogP contribution in [-0.2, 0) is 0 Å². The van der Waals surface area contributed by atoms with E-state index in [4.69, 9.17) is 11.5 Å². The second-order valence-corrected chi connectivity index (χ2v) is 4.63. The lowest BCUT2D eigenvalue weighted by Crippen LogP contribution is -2.37. The van der Waals surface area contributed by atoms with E-state index in [1.807, 2.05) is 14.1 Å². The zero-order valence-corrected chi connectivity index (χ0v) is 11.0. The number of nitrogens with two attached hydrogens (primary N) is 2. The minimum Gasteiger partial charge on any atom is -0.382 e. The summed E-state index contributed by atoms with van der Waals surface area (Å²) >= 11 is 1.21. The van der Waals surface area contributed by atoms with Crippen LogP contribution in [0.2, 0.25) is 0 Å². The Morgan fingerprint density at radius 2 is 1.94 bits per heavy atom. The number of nitrogen functional groups attached to an aromatic ring is 1. The van der Waals surface area contributed by atoms with Crippen LogP contribution in [0.5, 0.6) is 0 Å². The fourth-order valence-corrected chi connectivity index (χ4v) is 1.94. The summed E-state index contributed by atoms with van der Waals surface area (Å²) in [7, 11) is 3.63. The molecule has 1 heterocycles. The molecule has 0 aliphatic heterocycles. The van der Waals surface area contributed by atoms with Crippen molar-refractivity contribution in [2.75, 3.05) is 37.8 Å². The molecule has 0 aromatic carbocycles. The molecule has 0 aliphatic rings. The first-order valence-corrected chi connectivity index (χ1v) is 5.98. The molecule has 6 N–H and O–H groups in total. The van der Waals surface area contributed by atoms with E-state index in [1.54, 1.807) is 4.90 Å². The first-order valence-electron chi connectivity index (χ1n) is 5.17. The van der Waals surface area contributed by atoms with E-state index in [0.717, 1.165) is 0 Å². The molecular weight excluding hydrogens is 256 g/mol. The fourth-order valence-electron chi connectivity index (χ4n) is 1.12. The maximum absolute atomic E-state index is 11.8. The van der Waals surface area contributed by atoms with Gasteiger partial charge < -0.3 is 27.0 Å². The van der Waals surface area contributed by atoms with Crippen LogP contribution in [0.1, 0.15) is 9.67 Å². The van der Waals surface area contributed by atoms with Gasteiger partial charge in [-0.2, -0.15) is 0 Å². The monoisotopic (exact) mass is 272 g/mol. The number of carbonyl (C=O) groups is 2. The largest absolute Gasteiger partial charge is 0.382 e. The average molecular weight is 272 g/mol. The Hall–Kier alpha value is -2.03. The molecule has 0 radical (unpaired) electrons. The highest BCUT2D eigenvalue weighted by molar-refractivity contribution is 7.18. The van der Waals surface area contributed by atoms with Crippen molar-refractivity contribution in [1.82, 2.24) is 15.6 Å². The number of aromatic nitrogens is 1. The molecule has 0 atom stereocenters. The Morgan fingerprint density at radius 3 is 2.44 bits per heavy atom. The molecule has 1 aromatic heterocycles. The summed E-state index contributed by atoms with van der Waals surface area (Å²) in [6.45, 7) is 0.538. The quantitative estimate of drug-likeness (QED) is 0.521. The van der Waals surface area contributed by atoms with E-state index < -0.39 is 6.03 Å². The van der Waals surface area contributed by atoms with Crippen LogP contribution >= 0.6 is 11.3 Å². The number of rotatable bonds is 5. The SMILES string of the molecule is CN(C)c1nc(N)c(C(=O)NCCNC(N)=O)s1. The smallest absolute Gasteiger partial charge is 0.312 e. The van der Waals surface area contributed by atoms with Crippen molar-refractivity contribution in [2.45, 2.75) is 0 Å². The van der Waals surface area contributed by atoms with Gasteiger partial charge in [0.1, 0.15) is 10.7 Å². The van der Waals surface area contributed by atoms with Gasteiger partial charge in [0.05, 0.1) is 0 Å². The van der Waals surface area contributed by atoms with Crippen LogP contribution in [0, 0.1) is 0 Å². The predicted octanol–water partition coefficient (Wildman–Crippen LogP) is -0.811. The summed E-state index contributed by atoms with van der Waals surface area (Å²) < 4.78 is 0. The summed E-state index contributed by atoms with van der Waals surface area (Å²) in [6.07, 6.45) is 0. The lowest BCUT2D eigenvalue weighted by atomic mass is 10.4. The molecule has 1 rings (SSSR count). The van der Waals surface area contributed by atoms with Gasteiger partial charge in [0, 0.05) is 27.2 Å². The number of urea groups is 1. The van der Waals surface area contributed by atoms with Crippen LogP contribution in [0.3, 0.4) is 0 Å².